The molecule has 7 nitrogen and oxygen atoms in total. The van der Waals surface area contributed by atoms with E-state index in [1.165, 1.54) is 57.8 Å². The highest BCUT2D eigenvalue weighted by Gasteiger charge is 2.54. The number of rotatable bonds is 6. The summed E-state index contributed by atoms with van der Waals surface area (Å²) in [5.41, 5.74) is 0.392. The molecule has 1 heterocycles. The summed E-state index contributed by atoms with van der Waals surface area (Å²) in [6.07, 6.45) is 21.3. The van der Waals surface area contributed by atoms with Gasteiger partial charge in [-0.3, -0.25) is 14.4 Å². The molecule has 0 radical (unpaired) electrons. The van der Waals surface area contributed by atoms with Crippen LogP contribution in [0.3, 0.4) is 0 Å². The van der Waals surface area contributed by atoms with E-state index in [0.717, 1.165) is 75.5 Å². The molecule has 3 N–H and O–H groups in total. The van der Waals surface area contributed by atoms with Crippen LogP contribution in [0.2, 0.25) is 0 Å². The van der Waals surface area contributed by atoms with Crippen molar-refractivity contribution in [3.8, 4) is 0 Å². The van der Waals surface area contributed by atoms with Crippen LogP contribution in [0.5, 0.6) is 0 Å². The summed E-state index contributed by atoms with van der Waals surface area (Å²) >= 11 is 0. The van der Waals surface area contributed by atoms with Gasteiger partial charge in [-0.2, -0.15) is 0 Å². The predicted molar refractivity (Wildman–Crippen MR) is 169 cm³/mol. The summed E-state index contributed by atoms with van der Waals surface area (Å²) in [4.78, 5) is 47.0. The molecule has 12 fully saturated rings. The van der Waals surface area contributed by atoms with Crippen molar-refractivity contribution in [1.29, 1.82) is 0 Å². The zero-order valence-corrected chi connectivity index (χ0v) is 26.8. The van der Waals surface area contributed by atoms with Gasteiger partial charge in [-0.1, -0.05) is 0 Å². The third-order valence-corrected chi connectivity index (χ3v) is 14.8. The van der Waals surface area contributed by atoms with Gasteiger partial charge < -0.3 is 16.0 Å². The Bertz CT molecular complexity index is 1170. The van der Waals surface area contributed by atoms with Crippen molar-refractivity contribution in [2.24, 2.45) is 53.3 Å². The summed E-state index contributed by atoms with van der Waals surface area (Å²) in [5, 5.41) is 10.4. The molecule has 1 aromatic rings. The van der Waals surface area contributed by atoms with Gasteiger partial charge in [0.05, 0.1) is 0 Å². The lowest BCUT2D eigenvalue weighted by Crippen LogP contribution is -2.60. The Hall–Kier alpha value is -2.44. The Morgan fingerprint density at radius 1 is 0.444 bits per heavy atom. The number of pyridine rings is 1. The second-order valence-corrected chi connectivity index (χ2v) is 18.6. The number of carbonyl (C=O) groups excluding carboxylic acids is 3. The number of hydrogen-bond donors (Lipinski definition) is 3. The van der Waals surface area contributed by atoms with Crippen molar-refractivity contribution in [1.82, 2.24) is 20.9 Å². The third-order valence-electron chi connectivity index (χ3n) is 14.8. The summed E-state index contributed by atoms with van der Waals surface area (Å²) in [5.74, 6) is 5.85. The van der Waals surface area contributed by atoms with Gasteiger partial charge in [0.15, 0.2) is 0 Å². The van der Waals surface area contributed by atoms with E-state index in [2.05, 4.69) is 16.0 Å². The van der Waals surface area contributed by atoms with Crippen molar-refractivity contribution < 1.29 is 14.4 Å². The monoisotopic (exact) mass is 610 g/mol. The molecule has 3 amide bonds. The Balaban J connectivity index is 0.949. The van der Waals surface area contributed by atoms with Crippen LogP contribution in [-0.2, 0) is 0 Å². The zero-order chi connectivity index (χ0) is 30.1. The molecule has 1 aromatic heterocycles. The number of hydrogen-bond acceptors (Lipinski definition) is 4. The van der Waals surface area contributed by atoms with E-state index in [4.69, 9.17) is 4.98 Å². The Morgan fingerprint density at radius 3 is 0.956 bits per heavy atom. The maximum atomic E-state index is 14.1. The van der Waals surface area contributed by atoms with Crippen LogP contribution < -0.4 is 16.0 Å². The van der Waals surface area contributed by atoms with Crippen molar-refractivity contribution in [3.63, 3.8) is 0 Å². The summed E-state index contributed by atoms with van der Waals surface area (Å²) in [6.45, 7) is 0. The first-order valence-corrected chi connectivity index (χ1v) is 18.7. The van der Waals surface area contributed by atoms with Gasteiger partial charge in [-0.05, 0) is 181 Å². The van der Waals surface area contributed by atoms with Crippen LogP contribution in [0.1, 0.15) is 147 Å². The lowest BCUT2D eigenvalue weighted by Gasteiger charge is -2.57. The quantitative estimate of drug-likeness (QED) is 0.358. The summed E-state index contributed by atoms with van der Waals surface area (Å²) < 4.78 is 0. The van der Waals surface area contributed by atoms with E-state index >= 15 is 0 Å². The largest absolute Gasteiger partial charge is 0.347 e. The fraction of sp³-hybridized carbons (Fsp3) is 0.789. The lowest BCUT2D eigenvalue weighted by atomic mass is 9.53. The van der Waals surface area contributed by atoms with Gasteiger partial charge in [0.25, 0.3) is 17.7 Å². The van der Waals surface area contributed by atoms with E-state index in [9.17, 15) is 14.4 Å². The van der Waals surface area contributed by atoms with Gasteiger partial charge in [0.1, 0.15) is 11.4 Å². The van der Waals surface area contributed by atoms with Crippen LogP contribution in [-0.4, -0.2) is 39.3 Å². The number of nitrogens with one attached hydrogen (secondary N) is 3. The minimum Gasteiger partial charge on any atom is -0.347 e. The molecule has 0 aliphatic heterocycles. The first-order valence-electron chi connectivity index (χ1n) is 18.7. The number of amides is 3. The van der Waals surface area contributed by atoms with E-state index < -0.39 is 0 Å². The van der Waals surface area contributed by atoms with E-state index in [1.807, 2.05) is 0 Å². The normalized spacial score (nSPS) is 47.6. The molecule has 12 bridgehead atoms. The van der Waals surface area contributed by atoms with Crippen LogP contribution in [0.15, 0.2) is 12.1 Å². The highest BCUT2D eigenvalue weighted by Crippen LogP contribution is 2.58. The Kier molecular flexibility index (Phi) is 5.88. The molecule has 45 heavy (non-hydrogen) atoms. The first kappa shape index (κ1) is 27.7. The average Bonchev–Trinajstić information content (AvgIpc) is 2.94. The molecule has 7 heteroatoms. The molecular formula is C38H50N4O3. The topological polar surface area (TPSA) is 100 Å². The van der Waals surface area contributed by atoms with Crippen molar-refractivity contribution in [2.75, 3.05) is 0 Å². The summed E-state index contributed by atoms with van der Waals surface area (Å²) in [6, 6.07) is 3.35. The number of aromatic nitrogens is 1. The minimum atomic E-state index is -0.217. The Labute approximate surface area is 267 Å². The molecule has 0 atom stereocenters. The van der Waals surface area contributed by atoms with Crippen LogP contribution in [0.25, 0.3) is 0 Å². The maximum absolute atomic E-state index is 14.1. The third kappa shape index (κ3) is 4.71. The van der Waals surface area contributed by atoms with Crippen LogP contribution >= 0.6 is 0 Å². The molecule has 0 spiro atoms. The molecule has 0 saturated heterocycles. The fourth-order valence-corrected chi connectivity index (χ4v) is 14.6. The molecule has 240 valence electrons. The van der Waals surface area contributed by atoms with Crippen molar-refractivity contribution in [2.45, 2.75) is 132 Å². The highest BCUT2D eigenvalue weighted by molar-refractivity contribution is 6.02. The van der Waals surface area contributed by atoms with Crippen LogP contribution in [0, 0.1) is 53.3 Å². The van der Waals surface area contributed by atoms with E-state index in [0.29, 0.717) is 41.1 Å². The molecule has 0 unspecified atom stereocenters. The number of carbonyl (C=O) groups is 3. The SMILES string of the molecule is O=C(NC12CC3CC(CC(C3)C1)C2)c1cc(C(=O)NC23CC4CC(CC(C4)C2)C3)nc(C(=O)NC23CC4CC(CC(C4)C2)C3)c1. The van der Waals surface area contributed by atoms with Crippen molar-refractivity contribution >= 4 is 17.7 Å². The second kappa shape index (κ2) is 9.56. The lowest BCUT2D eigenvalue weighted by molar-refractivity contribution is -0.0170. The molecule has 12 aliphatic rings. The molecule has 13 rings (SSSR count). The standard InChI is InChI=1S/C38H50N4O3/c43-33(40-36-12-21-1-22(13-36)3-23(2-21)14-36)30-10-31(34(44)41-37-15-24-4-25(16-37)6-26(5-24)17-37)39-32(11-30)35(45)42-38-18-27-7-28(19-38)9-29(8-27)20-38/h10-11,21-29H,1-9,12-20H2,(H,40,43)(H,41,44)(H,42,45). The van der Waals surface area contributed by atoms with Gasteiger partial charge in [0.2, 0.25) is 0 Å². The molecule has 0 aromatic carbocycles. The minimum absolute atomic E-state index is 0.141. The van der Waals surface area contributed by atoms with Crippen LogP contribution in [0.4, 0.5) is 0 Å². The molecule has 12 aliphatic carbocycles. The predicted octanol–water partition coefficient (Wildman–Crippen LogP) is 6.18. The summed E-state index contributed by atoms with van der Waals surface area (Å²) in [7, 11) is 0. The van der Waals surface area contributed by atoms with Gasteiger partial charge >= 0.3 is 0 Å². The van der Waals surface area contributed by atoms with E-state index in [-0.39, 0.29) is 45.7 Å². The van der Waals surface area contributed by atoms with E-state index in [1.54, 1.807) is 12.1 Å². The first-order chi connectivity index (χ1) is 21.7. The smallest absolute Gasteiger partial charge is 0.270 e. The maximum Gasteiger partial charge on any atom is 0.270 e. The average molecular weight is 611 g/mol. The van der Waals surface area contributed by atoms with Gasteiger partial charge in [0, 0.05) is 22.2 Å². The highest BCUT2D eigenvalue weighted by atomic mass is 16.2. The second-order valence-electron chi connectivity index (χ2n) is 18.6. The van der Waals surface area contributed by atoms with Gasteiger partial charge in [-0.25, -0.2) is 4.98 Å². The van der Waals surface area contributed by atoms with Gasteiger partial charge in [-0.15, -0.1) is 0 Å². The zero-order valence-electron chi connectivity index (χ0n) is 26.8. The molecule has 12 saturated carbocycles. The Morgan fingerprint density at radius 2 is 0.689 bits per heavy atom. The number of nitrogens with zero attached hydrogens (tertiary/aromatic N) is 1. The molecular weight excluding hydrogens is 560 g/mol. The van der Waals surface area contributed by atoms with Crippen molar-refractivity contribution in [3.05, 3.63) is 29.1 Å². The fourth-order valence-electron chi connectivity index (χ4n) is 14.6.